The van der Waals surface area contributed by atoms with Gasteiger partial charge in [-0.1, -0.05) is 12.1 Å². The molecule has 0 aliphatic rings. The van der Waals surface area contributed by atoms with Crippen molar-refractivity contribution in [3.8, 4) is 11.5 Å². The van der Waals surface area contributed by atoms with Gasteiger partial charge in [0.2, 0.25) is 0 Å². The summed E-state index contributed by atoms with van der Waals surface area (Å²) in [6, 6.07) is 9.46. The number of benzene rings is 2. The van der Waals surface area contributed by atoms with Crippen LogP contribution in [-0.4, -0.2) is 28.6 Å². The highest BCUT2D eigenvalue weighted by atomic mass is 32.2. The Labute approximate surface area is 133 Å². The average molecular weight is 336 g/mol. The monoisotopic (exact) mass is 336 g/mol. The first-order valence-electron chi connectivity index (χ1n) is 6.43. The third-order valence-electron chi connectivity index (χ3n) is 3.02. The van der Waals surface area contributed by atoms with Crippen LogP contribution in [0.25, 0.3) is 0 Å². The first-order valence-corrected chi connectivity index (χ1v) is 7.92. The number of rotatable bonds is 6. The van der Waals surface area contributed by atoms with Gasteiger partial charge in [0.15, 0.2) is 11.5 Å². The molecule has 0 unspecified atom stereocenters. The molecule has 0 amide bonds. The van der Waals surface area contributed by atoms with Crippen molar-refractivity contribution in [3.63, 3.8) is 0 Å². The van der Waals surface area contributed by atoms with E-state index in [0.29, 0.717) is 5.75 Å². The minimum atomic E-state index is -3.91. The van der Waals surface area contributed by atoms with Gasteiger partial charge in [-0.25, -0.2) is 8.42 Å². The third-order valence-corrected chi connectivity index (χ3v) is 4.39. The predicted octanol–water partition coefficient (Wildman–Crippen LogP) is 0.868. The van der Waals surface area contributed by atoms with Crippen LogP contribution in [0.15, 0.2) is 47.4 Å². The topological polar surface area (TPSA) is 105 Å². The van der Waals surface area contributed by atoms with Gasteiger partial charge < -0.3 is 19.4 Å². The van der Waals surface area contributed by atoms with Crippen molar-refractivity contribution in [1.82, 2.24) is 0 Å². The Morgan fingerprint density at radius 3 is 2.35 bits per heavy atom. The van der Waals surface area contributed by atoms with E-state index in [-0.39, 0.29) is 21.9 Å². The predicted molar refractivity (Wildman–Crippen MR) is 81.1 cm³/mol. The molecule has 1 N–H and O–H groups in total. The lowest BCUT2D eigenvalue weighted by Gasteiger charge is -2.12. The van der Waals surface area contributed by atoms with Crippen LogP contribution in [0, 0.1) is 0 Å². The lowest BCUT2D eigenvalue weighted by Crippen LogP contribution is -2.22. The number of methoxy groups -OCH3 is 2. The van der Waals surface area contributed by atoms with Crippen LogP contribution in [0.1, 0.15) is 10.4 Å². The summed E-state index contributed by atoms with van der Waals surface area (Å²) in [7, 11) is -1.08. The zero-order valence-corrected chi connectivity index (χ0v) is 13.2. The molecule has 0 spiro atoms. The van der Waals surface area contributed by atoms with E-state index in [1.807, 2.05) is 0 Å². The summed E-state index contributed by atoms with van der Waals surface area (Å²) in [5, 5.41) is 10.8. The van der Waals surface area contributed by atoms with Gasteiger partial charge in [0.25, 0.3) is 10.0 Å². The number of anilines is 1. The second kappa shape index (κ2) is 6.57. The van der Waals surface area contributed by atoms with E-state index in [0.717, 1.165) is 0 Å². The summed E-state index contributed by atoms with van der Waals surface area (Å²) in [5.41, 5.74) is -0.0148. The minimum Gasteiger partial charge on any atom is -0.545 e. The summed E-state index contributed by atoms with van der Waals surface area (Å²) < 4.78 is 37.2. The van der Waals surface area contributed by atoms with E-state index in [4.69, 9.17) is 9.47 Å². The number of hydrogen-bond donors (Lipinski definition) is 1. The summed E-state index contributed by atoms with van der Waals surface area (Å²) in [6.45, 7) is 0. The zero-order chi connectivity index (χ0) is 17.0. The van der Waals surface area contributed by atoms with E-state index in [1.54, 1.807) is 0 Å². The first kappa shape index (κ1) is 16.6. The number of carbonyl (C=O) groups is 1. The number of ether oxygens (including phenoxy) is 2. The largest absolute Gasteiger partial charge is 0.545 e. The number of carbonyl (C=O) groups excluding carboxylic acids is 1. The second-order valence-electron chi connectivity index (χ2n) is 4.49. The van der Waals surface area contributed by atoms with Crippen LogP contribution in [0.3, 0.4) is 0 Å². The standard InChI is InChI=1S/C15H15NO6S/c1-21-13-7-6-12(9-14(13)22-2)23(19,20)16-11-5-3-4-10(8-11)15(17)18/h3-9,16H,1-2H3,(H,17,18)/p-1. The van der Waals surface area contributed by atoms with E-state index >= 15 is 0 Å². The molecule has 0 aliphatic heterocycles. The molecule has 23 heavy (non-hydrogen) atoms. The fraction of sp³-hybridized carbons (Fsp3) is 0.133. The number of carboxylic acids is 1. The van der Waals surface area contributed by atoms with Crippen LogP contribution in [-0.2, 0) is 10.0 Å². The molecule has 0 radical (unpaired) electrons. The molecular weight excluding hydrogens is 322 g/mol. The summed E-state index contributed by atoms with van der Waals surface area (Å²) in [4.78, 5) is 10.8. The molecule has 122 valence electrons. The van der Waals surface area contributed by atoms with E-state index in [1.165, 1.54) is 56.7 Å². The maximum Gasteiger partial charge on any atom is 0.262 e. The maximum absolute atomic E-state index is 12.4. The number of aromatic carboxylic acids is 1. The molecule has 7 nitrogen and oxygen atoms in total. The first-order chi connectivity index (χ1) is 10.9. The van der Waals surface area contributed by atoms with Gasteiger partial charge in [-0.05, 0) is 29.8 Å². The van der Waals surface area contributed by atoms with Gasteiger partial charge >= 0.3 is 0 Å². The fourth-order valence-corrected chi connectivity index (χ4v) is 2.97. The van der Waals surface area contributed by atoms with Crippen LogP contribution in [0.2, 0.25) is 0 Å². The molecule has 8 heteroatoms. The molecule has 0 saturated carbocycles. The number of sulfonamides is 1. The van der Waals surface area contributed by atoms with Crippen molar-refractivity contribution in [3.05, 3.63) is 48.0 Å². The van der Waals surface area contributed by atoms with Crippen LogP contribution in [0.5, 0.6) is 11.5 Å². The highest BCUT2D eigenvalue weighted by Crippen LogP contribution is 2.30. The molecule has 0 aromatic heterocycles. The number of carboxylic acid groups (broad SMARTS) is 1. The second-order valence-corrected chi connectivity index (χ2v) is 6.17. The molecular formula is C15H14NO6S-. The van der Waals surface area contributed by atoms with Gasteiger partial charge in [0, 0.05) is 11.8 Å². The highest BCUT2D eigenvalue weighted by Gasteiger charge is 2.17. The molecule has 0 atom stereocenters. The van der Waals surface area contributed by atoms with E-state index in [9.17, 15) is 18.3 Å². The molecule has 0 heterocycles. The van der Waals surface area contributed by atoms with Crippen molar-refractivity contribution < 1.29 is 27.8 Å². The summed E-state index contributed by atoms with van der Waals surface area (Å²) in [6.07, 6.45) is 0. The van der Waals surface area contributed by atoms with Crippen molar-refractivity contribution in [1.29, 1.82) is 0 Å². The molecule has 2 rings (SSSR count). The van der Waals surface area contributed by atoms with Gasteiger partial charge in [0.1, 0.15) is 0 Å². The van der Waals surface area contributed by atoms with Gasteiger partial charge in [-0.15, -0.1) is 0 Å². The Hall–Kier alpha value is -2.74. The Morgan fingerprint density at radius 2 is 1.74 bits per heavy atom. The average Bonchev–Trinajstić information content (AvgIpc) is 2.53. The van der Waals surface area contributed by atoms with Crippen LogP contribution >= 0.6 is 0 Å². The Balaban J connectivity index is 2.35. The molecule has 0 saturated heterocycles. The zero-order valence-electron chi connectivity index (χ0n) is 12.4. The van der Waals surface area contributed by atoms with E-state index < -0.39 is 16.0 Å². The quantitative estimate of drug-likeness (QED) is 0.839. The van der Waals surface area contributed by atoms with Crippen LogP contribution < -0.4 is 19.3 Å². The number of hydrogen-bond acceptors (Lipinski definition) is 6. The van der Waals surface area contributed by atoms with Gasteiger partial charge in [-0.2, -0.15) is 0 Å². The van der Waals surface area contributed by atoms with Gasteiger partial charge in [0.05, 0.1) is 25.1 Å². The van der Waals surface area contributed by atoms with E-state index in [2.05, 4.69) is 4.72 Å². The number of nitrogens with one attached hydrogen (secondary N) is 1. The fourth-order valence-electron chi connectivity index (χ4n) is 1.91. The molecule has 0 bridgehead atoms. The van der Waals surface area contributed by atoms with Crippen molar-refractivity contribution in [2.45, 2.75) is 4.90 Å². The SMILES string of the molecule is COc1ccc(S(=O)(=O)Nc2cccc(C(=O)[O-])c2)cc1OC. The summed E-state index contributed by atoms with van der Waals surface area (Å²) in [5.74, 6) is -0.735. The molecule has 2 aromatic carbocycles. The Morgan fingerprint density at radius 1 is 1.04 bits per heavy atom. The molecule has 0 fully saturated rings. The van der Waals surface area contributed by atoms with Crippen LogP contribution in [0.4, 0.5) is 5.69 Å². The lowest BCUT2D eigenvalue weighted by atomic mass is 10.2. The lowest BCUT2D eigenvalue weighted by molar-refractivity contribution is -0.255. The Bertz CT molecular complexity index is 832. The van der Waals surface area contributed by atoms with Crippen molar-refractivity contribution >= 4 is 21.7 Å². The van der Waals surface area contributed by atoms with Crippen molar-refractivity contribution in [2.24, 2.45) is 0 Å². The van der Waals surface area contributed by atoms with Gasteiger partial charge in [-0.3, -0.25) is 4.72 Å². The molecule has 0 aliphatic carbocycles. The molecule has 2 aromatic rings. The summed E-state index contributed by atoms with van der Waals surface area (Å²) >= 11 is 0. The third kappa shape index (κ3) is 3.72. The Kier molecular flexibility index (Phi) is 4.75. The minimum absolute atomic E-state index is 0.0472. The normalized spacial score (nSPS) is 10.9. The maximum atomic E-state index is 12.4. The van der Waals surface area contributed by atoms with Crippen molar-refractivity contribution in [2.75, 3.05) is 18.9 Å². The highest BCUT2D eigenvalue weighted by molar-refractivity contribution is 7.92. The smallest absolute Gasteiger partial charge is 0.262 e.